The standard InChI is InChI=1S/C12H10N2O2/c15-11-9-6-5-7-3-1-2-4-8(7)10(9)13-12(16)14-11/h1-4H,5-6H2,(H2,13,14,15,16). The Bertz CT molecular complexity index is 667. The molecule has 1 aliphatic carbocycles. The molecule has 0 amide bonds. The molecule has 0 saturated carbocycles. The minimum Gasteiger partial charge on any atom is -0.307 e. The summed E-state index contributed by atoms with van der Waals surface area (Å²) in [5, 5.41) is 0. The first kappa shape index (κ1) is 9.15. The van der Waals surface area contributed by atoms with E-state index in [2.05, 4.69) is 9.97 Å². The third-order valence-corrected chi connectivity index (χ3v) is 2.97. The Labute approximate surface area is 91.0 Å². The van der Waals surface area contributed by atoms with Crippen LogP contribution in [0.5, 0.6) is 0 Å². The van der Waals surface area contributed by atoms with Crippen LogP contribution in [-0.2, 0) is 12.8 Å². The highest BCUT2D eigenvalue weighted by atomic mass is 16.2. The van der Waals surface area contributed by atoms with Gasteiger partial charge in [0, 0.05) is 11.1 Å². The molecule has 4 heteroatoms. The van der Waals surface area contributed by atoms with Gasteiger partial charge in [0.2, 0.25) is 0 Å². The molecule has 16 heavy (non-hydrogen) atoms. The van der Waals surface area contributed by atoms with Crippen molar-refractivity contribution >= 4 is 0 Å². The number of fused-ring (bicyclic) bond motifs is 3. The summed E-state index contributed by atoms with van der Waals surface area (Å²) < 4.78 is 0. The van der Waals surface area contributed by atoms with Gasteiger partial charge in [-0.25, -0.2) is 4.79 Å². The Balaban J connectivity index is 2.40. The Kier molecular flexibility index (Phi) is 1.83. The number of nitrogens with one attached hydrogen (secondary N) is 2. The number of aryl methyl sites for hydroxylation is 1. The molecular formula is C12H10N2O2. The minimum absolute atomic E-state index is 0.270. The highest BCUT2D eigenvalue weighted by molar-refractivity contribution is 5.68. The molecule has 4 nitrogen and oxygen atoms in total. The Hall–Kier alpha value is -2.10. The highest BCUT2D eigenvalue weighted by Crippen LogP contribution is 2.28. The van der Waals surface area contributed by atoms with Crippen LogP contribution in [0.2, 0.25) is 0 Å². The molecule has 0 unspecified atom stereocenters. The van der Waals surface area contributed by atoms with Gasteiger partial charge >= 0.3 is 5.69 Å². The third kappa shape index (κ3) is 1.23. The molecule has 0 spiro atoms. The molecule has 1 aromatic carbocycles. The van der Waals surface area contributed by atoms with Crippen molar-refractivity contribution in [1.29, 1.82) is 0 Å². The second-order valence-corrected chi connectivity index (χ2v) is 3.92. The summed E-state index contributed by atoms with van der Waals surface area (Å²) in [6.45, 7) is 0. The van der Waals surface area contributed by atoms with Crippen molar-refractivity contribution in [3.05, 3.63) is 56.2 Å². The average Bonchev–Trinajstić information content (AvgIpc) is 2.28. The average molecular weight is 214 g/mol. The number of rotatable bonds is 0. The van der Waals surface area contributed by atoms with Crippen molar-refractivity contribution in [3.8, 4) is 11.3 Å². The van der Waals surface area contributed by atoms with E-state index in [1.807, 2.05) is 24.3 Å². The van der Waals surface area contributed by atoms with Crippen molar-refractivity contribution < 1.29 is 0 Å². The van der Waals surface area contributed by atoms with Gasteiger partial charge < -0.3 is 4.98 Å². The Morgan fingerprint density at radius 2 is 1.81 bits per heavy atom. The third-order valence-electron chi connectivity index (χ3n) is 2.97. The van der Waals surface area contributed by atoms with Crippen LogP contribution < -0.4 is 11.2 Å². The zero-order valence-electron chi connectivity index (χ0n) is 8.54. The molecule has 1 heterocycles. The van der Waals surface area contributed by atoms with E-state index in [0.29, 0.717) is 17.7 Å². The molecule has 80 valence electrons. The Morgan fingerprint density at radius 3 is 2.69 bits per heavy atom. The zero-order chi connectivity index (χ0) is 11.1. The van der Waals surface area contributed by atoms with Crippen molar-refractivity contribution in [2.24, 2.45) is 0 Å². The smallest absolute Gasteiger partial charge is 0.307 e. The van der Waals surface area contributed by atoms with Gasteiger partial charge in [0.25, 0.3) is 5.56 Å². The maximum atomic E-state index is 11.6. The molecule has 0 bridgehead atoms. The van der Waals surface area contributed by atoms with Crippen molar-refractivity contribution in [3.63, 3.8) is 0 Å². The van der Waals surface area contributed by atoms with Gasteiger partial charge in [-0.2, -0.15) is 0 Å². The monoisotopic (exact) mass is 214 g/mol. The van der Waals surface area contributed by atoms with Crippen LogP contribution in [0, 0.1) is 0 Å². The molecule has 3 rings (SSSR count). The van der Waals surface area contributed by atoms with Gasteiger partial charge in [-0.1, -0.05) is 24.3 Å². The Morgan fingerprint density at radius 1 is 1.00 bits per heavy atom. The largest absolute Gasteiger partial charge is 0.326 e. The first-order chi connectivity index (χ1) is 7.75. The fourth-order valence-corrected chi connectivity index (χ4v) is 2.22. The molecular weight excluding hydrogens is 204 g/mol. The molecule has 2 aromatic rings. The highest BCUT2D eigenvalue weighted by Gasteiger charge is 2.18. The lowest BCUT2D eigenvalue weighted by Crippen LogP contribution is -2.28. The van der Waals surface area contributed by atoms with Crippen molar-refractivity contribution in [2.75, 3.05) is 0 Å². The van der Waals surface area contributed by atoms with E-state index >= 15 is 0 Å². The molecule has 0 saturated heterocycles. The fourth-order valence-electron chi connectivity index (χ4n) is 2.22. The maximum absolute atomic E-state index is 11.6. The lowest BCUT2D eigenvalue weighted by molar-refractivity contribution is 0.877. The van der Waals surface area contributed by atoms with Crippen LogP contribution in [0.25, 0.3) is 11.3 Å². The number of aromatic amines is 2. The van der Waals surface area contributed by atoms with Crippen molar-refractivity contribution in [2.45, 2.75) is 12.8 Å². The van der Waals surface area contributed by atoms with E-state index in [-0.39, 0.29) is 5.56 Å². The van der Waals surface area contributed by atoms with Gasteiger partial charge in [-0.05, 0) is 18.4 Å². The summed E-state index contributed by atoms with van der Waals surface area (Å²) >= 11 is 0. The summed E-state index contributed by atoms with van der Waals surface area (Å²) in [4.78, 5) is 27.9. The normalized spacial score (nSPS) is 13.0. The predicted octanol–water partition coefficient (Wildman–Crippen LogP) is 0.829. The van der Waals surface area contributed by atoms with Gasteiger partial charge in [-0.3, -0.25) is 9.78 Å². The first-order valence-corrected chi connectivity index (χ1v) is 5.19. The van der Waals surface area contributed by atoms with E-state index in [0.717, 1.165) is 12.0 Å². The van der Waals surface area contributed by atoms with Crippen LogP contribution in [-0.4, -0.2) is 9.97 Å². The topological polar surface area (TPSA) is 65.7 Å². The van der Waals surface area contributed by atoms with E-state index in [1.54, 1.807) is 0 Å². The van der Waals surface area contributed by atoms with Crippen LogP contribution in [0.1, 0.15) is 11.1 Å². The molecule has 0 atom stereocenters. The second kappa shape index (κ2) is 3.20. The SMILES string of the molecule is O=c1[nH]c2c(c(=O)[nH]1)CCc1ccccc1-2. The summed E-state index contributed by atoms with van der Waals surface area (Å²) in [6.07, 6.45) is 1.52. The number of aromatic nitrogens is 2. The number of H-pyrrole nitrogens is 2. The summed E-state index contributed by atoms with van der Waals surface area (Å²) in [5.41, 5.74) is 2.78. The lowest BCUT2D eigenvalue weighted by atomic mass is 9.90. The van der Waals surface area contributed by atoms with Gasteiger partial charge in [0.05, 0.1) is 5.69 Å². The van der Waals surface area contributed by atoms with Crippen LogP contribution in [0.15, 0.2) is 33.9 Å². The quantitative estimate of drug-likeness (QED) is 0.682. The van der Waals surface area contributed by atoms with E-state index in [9.17, 15) is 9.59 Å². The summed E-state index contributed by atoms with van der Waals surface area (Å²) in [6, 6.07) is 7.84. The second-order valence-electron chi connectivity index (χ2n) is 3.92. The lowest BCUT2D eigenvalue weighted by Gasteiger charge is -2.17. The molecule has 0 radical (unpaired) electrons. The number of hydrogen-bond acceptors (Lipinski definition) is 2. The first-order valence-electron chi connectivity index (χ1n) is 5.19. The van der Waals surface area contributed by atoms with Gasteiger partial charge in [-0.15, -0.1) is 0 Å². The molecule has 0 fully saturated rings. The van der Waals surface area contributed by atoms with Gasteiger partial charge in [0.15, 0.2) is 0 Å². The van der Waals surface area contributed by atoms with E-state index in [4.69, 9.17) is 0 Å². The molecule has 1 aliphatic rings. The van der Waals surface area contributed by atoms with Crippen LogP contribution in [0.4, 0.5) is 0 Å². The van der Waals surface area contributed by atoms with Gasteiger partial charge in [0.1, 0.15) is 0 Å². The summed E-state index contributed by atoms with van der Waals surface area (Å²) in [7, 11) is 0. The molecule has 1 aromatic heterocycles. The zero-order valence-corrected chi connectivity index (χ0v) is 8.54. The molecule has 2 N–H and O–H groups in total. The van der Waals surface area contributed by atoms with E-state index < -0.39 is 5.69 Å². The molecule has 0 aliphatic heterocycles. The van der Waals surface area contributed by atoms with Crippen molar-refractivity contribution in [1.82, 2.24) is 9.97 Å². The van der Waals surface area contributed by atoms with E-state index in [1.165, 1.54) is 5.56 Å². The summed E-state index contributed by atoms with van der Waals surface area (Å²) in [5.74, 6) is 0. The number of hydrogen-bond donors (Lipinski definition) is 2. The minimum atomic E-state index is -0.444. The fraction of sp³-hybridized carbons (Fsp3) is 0.167. The van der Waals surface area contributed by atoms with Crippen LogP contribution in [0.3, 0.4) is 0 Å². The predicted molar refractivity (Wildman–Crippen MR) is 60.5 cm³/mol. The van der Waals surface area contributed by atoms with Crippen LogP contribution >= 0.6 is 0 Å². The number of benzene rings is 1. The maximum Gasteiger partial charge on any atom is 0.326 e.